The Morgan fingerprint density at radius 2 is 2.00 bits per heavy atom. The summed E-state index contributed by atoms with van der Waals surface area (Å²) in [6.45, 7) is 11.4. The predicted molar refractivity (Wildman–Crippen MR) is 70.4 cm³/mol. The van der Waals surface area contributed by atoms with Crippen molar-refractivity contribution in [2.45, 2.75) is 52.4 Å². The van der Waals surface area contributed by atoms with Gasteiger partial charge >= 0.3 is 6.09 Å². The Labute approximate surface area is 109 Å². The Hall–Kier alpha value is -0.810. The van der Waals surface area contributed by atoms with Crippen molar-refractivity contribution in [2.75, 3.05) is 19.6 Å². The molecule has 0 bridgehead atoms. The second kappa shape index (κ2) is 5.89. The van der Waals surface area contributed by atoms with E-state index in [1.807, 2.05) is 34.6 Å². The minimum absolute atomic E-state index is 0.250. The summed E-state index contributed by atoms with van der Waals surface area (Å²) in [4.78, 5) is 13.3. The largest absolute Gasteiger partial charge is 0.444 e. The van der Waals surface area contributed by atoms with E-state index >= 15 is 0 Å². The van der Waals surface area contributed by atoms with E-state index in [0.29, 0.717) is 19.6 Å². The van der Waals surface area contributed by atoms with Gasteiger partial charge in [0, 0.05) is 25.7 Å². The molecule has 1 saturated heterocycles. The molecule has 106 valence electrons. The monoisotopic (exact) mass is 258 g/mol. The first-order valence-corrected chi connectivity index (χ1v) is 6.58. The van der Waals surface area contributed by atoms with Gasteiger partial charge in [-0.05, 0) is 26.7 Å². The van der Waals surface area contributed by atoms with Crippen molar-refractivity contribution in [3.8, 4) is 0 Å². The summed E-state index contributed by atoms with van der Waals surface area (Å²) in [5.74, 6) is 0.250. The normalized spacial score (nSPS) is 18.7. The van der Waals surface area contributed by atoms with E-state index in [-0.39, 0.29) is 24.2 Å². The number of aliphatic hydroxyl groups is 1. The van der Waals surface area contributed by atoms with Crippen molar-refractivity contribution in [2.24, 2.45) is 5.92 Å². The van der Waals surface area contributed by atoms with Crippen molar-refractivity contribution in [1.29, 1.82) is 0 Å². The highest BCUT2D eigenvalue weighted by molar-refractivity contribution is 5.69. The summed E-state index contributed by atoms with van der Waals surface area (Å²) < 4.78 is 5.26. The quantitative estimate of drug-likeness (QED) is 0.796. The van der Waals surface area contributed by atoms with Gasteiger partial charge in [-0.15, -0.1) is 0 Å². The lowest BCUT2D eigenvalue weighted by Crippen LogP contribution is -2.61. The molecule has 1 amide bonds. The van der Waals surface area contributed by atoms with Crippen LogP contribution in [-0.2, 0) is 4.74 Å². The molecule has 1 aliphatic rings. The smallest absolute Gasteiger partial charge is 0.410 e. The number of carbonyl (C=O) groups excluding carboxylic acids is 1. The van der Waals surface area contributed by atoms with Crippen LogP contribution in [0.2, 0.25) is 0 Å². The third-order valence-electron chi connectivity index (χ3n) is 2.92. The minimum Gasteiger partial charge on any atom is -0.444 e. The third kappa shape index (κ3) is 4.82. The van der Waals surface area contributed by atoms with Gasteiger partial charge in [0.2, 0.25) is 0 Å². The standard InChI is InChI=1S/C13H26N2O3/c1-9(2)11(16)6-14-10-7-15(8-10)12(17)18-13(3,4)5/h9-11,14,16H,6-8H2,1-5H3. The molecule has 0 saturated carbocycles. The molecule has 1 fully saturated rings. The molecule has 0 aromatic rings. The van der Waals surface area contributed by atoms with Crippen LogP contribution in [0.3, 0.4) is 0 Å². The van der Waals surface area contributed by atoms with Crippen molar-refractivity contribution >= 4 is 6.09 Å². The van der Waals surface area contributed by atoms with Crippen LogP contribution in [0, 0.1) is 5.92 Å². The molecule has 5 nitrogen and oxygen atoms in total. The Bertz CT molecular complexity index is 280. The molecular formula is C13H26N2O3. The zero-order valence-corrected chi connectivity index (χ0v) is 12.1. The van der Waals surface area contributed by atoms with E-state index in [9.17, 15) is 9.90 Å². The molecule has 18 heavy (non-hydrogen) atoms. The Kier molecular flexibility index (Phi) is 4.99. The van der Waals surface area contributed by atoms with Gasteiger partial charge in [0.05, 0.1) is 6.10 Å². The molecule has 2 N–H and O–H groups in total. The fourth-order valence-corrected chi connectivity index (χ4v) is 1.61. The number of aliphatic hydroxyl groups excluding tert-OH is 1. The molecular weight excluding hydrogens is 232 g/mol. The van der Waals surface area contributed by atoms with Gasteiger partial charge in [-0.2, -0.15) is 0 Å². The first kappa shape index (κ1) is 15.2. The lowest BCUT2D eigenvalue weighted by Gasteiger charge is -2.40. The zero-order chi connectivity index (χ0) is 13.9. The number of amides is 1. The molecule has 1 aliphatic heterocycles. The molecule has 1 unspecified atom stereocenters. The van der Waals surface area contributed by atoms with Crippen LogP contribution < -0.4 is 5.32 Å². The Morgan fingerprint density at radius 3 is 2.44 bits per heavy atom. The molecule has 5 heteroatoms. The summed E-state index contributed by atoms with van der Waals surface area (Å²) in [7, 11) is 0. The van der Waals surface area contributed by atoms with Crippen LogP contribution >= 0.6 is 0 Å². The highest BCUT2D eigenvalue weighted by Gasteiger charge is 2.33. The summed E-state index contributed by atoms with van der Waals surface area (Å²) in [6, 6.07) is 0.269. The van der Waals surface area contributed by atoms with Crippen LogP contribution in [0.5, 0.6) is 0 Å². The van der Waals surface area contributed by atoms with Gasteiger partial charge < -0.3 is 20.1 Å². The fourth-order valence-electron chi connectivity index (χ4n) is 1.61. The van der Waals surface area contributed by atoms with Crippen molar-refractivity contribution in [3.05, 3.63) is 0 Å². The number of nitrogens with zero attached hydrogens (tertiary/aromatic N) is 1. The first-order valence-electron chi connectivity index (χ1n) is 6.58. The SMILES string of the molecule is CC(C)C(O)CNC1CN(C(=O)OC(C)(C)C)C1. The minimum atomic E-state index is -0.441. The Morgan fingerprint density at radius 1 is 1.44 bits per heavy atom. The number of ether oxygens (including phenoxy) is 1. The maximum atomic E-state index is 11.7. The highest BCUT2D eigenvalue weighted by Crippen LogP contribution is 2.15. The van der Waals surface area contributed by atoms with Crippen LogP contribution in [-0.4, -0.2) is 53.5 Å². The van der Waals surface area contributed by atoms with Crippen molar-refractivity contribution in [3.63, 3.8) is 0 Å². The van der Waals surface area contributed by atoms with E-state index in [0.717, 1.165) is 0 Å². The van der Waals surface area contributed by atoms with Crippen LogP contribution in [0.1, 0.15) is 34.6 Å². The van der Waals surface area contributed by atoms with Gasteiger partial charge in [0.15, 0.2) is 0 Å². The zero-order valence-electron chi connectivity index (χ0n) is 12.1. The van der Waals surface area contributed by atoms with Crippen LogP contribution in [0.25, 0.3) is 0 Å². The van der Waals surface area contributed by atoms with Gasteiger partial charge in [0.25, 0.3) is 0 Å². The lowest BCUT2D eigenvalue weighted by molar-refractivity contribution is 0.00358. The maximum Gasteiger partial charge on any atom is 0.410 e. The van der Waals surface area contributed by atoms with Gasteiger partial charge in [-0.25, -0.2) is 4.79 Å². The molecule has 1 heterocycles. The van der Waals surface area contributed by atoms with Gasteiger partial charge in [-0.1, -0.05) is 13.8 Å². The van der Waals surface area contributed by atoms with Gasteiger partial charge in [-0.3, -0.25) is 0 Å². The number of carbonyl (C=O) groups is 1. The third-order valence-corrected chi connectivity index (χ3v) is 2.92. The summed E-state index contributed by atoms with van der Waals surface area (Å²) >= 11 is 0. The van der Waals surface area contributed by atoms with E-state index in [1.54, 1.807) is 4.90 Å². The molecule has 0 aliphatic carbocycles. The Balaban J connectivity index is 2.18. The number of hydrogen-bond acceptors (Lipinski definition) is 4. The molecule has 0 aromatic heterocycles. The average Bonchev–Trinajstić information content (AvgIpc) is 2.11. The first-order chi connectivity index (χ1) is 8.19. The van der Waals surface area contributed by atoms with E-state index in [1.165, 1.54) is 0 Å². The summed E-state index contributed by atoms with van der Waals surface area (Å²) in [5, 5.41) is 12.9. The predicted octanol–water partition coefficient (Wildman–Crippen LogP) is 1.21. The van der Waals surface area contributed by atoms with Crippen molar-refractivity contribution < 1.29 is 14.6 Å². The fraction of sp³-hybridized carbons (Fsp3) is 0.923. The number of likely N-dealkylation sites (tertiary alicyclic amines) is 1. The van der Waals surface area contributed by atoms with E-state index < -0.39 is 5.60 Å². The molecule has 0 radical (unpaired) electrons. The van der Waals surface area contributed by atoms with Gasteiger partial charge in [0.1, 0.15) is 5.60 Å². The molecule has 0 spiro atoms. The summed E-state index contributed by atoms with van der Waals surface area (Å²) in [6.07, 6.45) is -0.592. The van der Waals surface area contributed by atoms with Crippen molar-refractivity contribution in [1.82, 2.24) is 10.2 Å². The second-order valence-corrected chi connectivity index (χ2v) is 6.30. The summed E-state index contributed by atoms with van der Waals surface area (Å²) in [5.41, 5.74) is -0.441. The number of rotatable bonds is 4. The highest BCUT2D eigenvalue weighted by atomic mass is 16.6. The number of nitrogens with one attached hydrogen (secondary N) is 1. The van der Waals surface area contributed by atoms with Crippen LogP contribution in [0.15, 0.2) is 0 Å². The lowest BCUT2D eigenvalue weighted by atomic mass is 10.1. The molecule has 1 rings (SSSR count). The second-order valence-electron chi connectivity index (χ2n) is 6.30. The van der Waals surface area contributed by atoms with E-state index in [2.05, 4.69) is 5.32 Å². The molecule has 0 aromatic carbocycles. The van der Waals surface area contributed by atoms with E-state index in [4.69, 9.17) is 4.74 Å². The van der Waals surface area contributed by atoms with Crippen LogP contribution in [0.4, 0.5) is 4.79 Å². The topological polar surface area (TPSA) is 61.8 Å². The number of hydrogen-bond donors (Lipinski definition) is 2. The average molecular weight is 258 g/mol. The maximum absolute atomic E-state index is 11.7. The molecule has 1 atom stereocenters.